The maximum absolute atomic E-state index is 12.3. The van der Waals surface area contributed by atoms with Gasteiger partial charge < -0.3 is 4.90 Å². The normalized spacial score (nSPS) is 16.9. The third kappa shape index (κ3) is 3.02. The van der Waals surface area contributed by atoms with Crippen molar-refractivity contribution in [3.63, 3.8) is 0 Å². The third-order valence-corrected chi connectivity index (χ3v) is 7.75. The number of amides is 3. The maximum Gasteiger partial charge on any atom is 0.258 e. The number of hydrogen-bond acceptors (Lipinski definition) is 3. The van der Waals surface area contributed by atoms with Gasteiger partial charge in [-0.15, -0.1) is 0 Å². The summed E-state index contributed by atoms with van der Waals surface area (Å²) in [6.45, 7) is 0.569. The Morgan fingerprint density at radius 2 is 1.03 bits per heavy atom. The predicted molar refractivity (Wildman–Crippen MR) is 147 cm³/mol. The molecule has 4 aromatic rings. The molecule has 0 atom stereocenters. The number of benzene rings is 4. The van der Waals surface area contributed by atoms with Gasteiger partial charge in [0.1, 0.15) is 0 Å². The zero-order valence-corrected chi connectivity index (χ0v) is 20.4. The predicted octanol–water partition coefficient (Wildman–Crippen LogP) is 5.38. The molecular weight excluding hydrogens is 472 g/mol. The van der Waals surface area contributed by atoms with Gasteiger partial charge in [0.05, 0.1) is 11.1 Å². The Labute approximate surface area is 219 Å². The van der Waals surface area contributed by atoms with Crippen molar-refractivity contribution in [2.24, 2.45) is 0 Å². The van der Waals surface area contributed by atoms with E-state index in [1.807, 2.05) is 42.5 Å². The van der Waals surface area contributed by atoms with E-state index in [2.05, 4.69) is 60.7 Å². The Hall–Kier alpha value is -5.03. The summed E-state index contributed by atoms with van der Waals surface area (Å²) in [5.41, 5.74) is 7.54. The Bertz CT molecular complexity index is 1630. The van der Waals surface area contributed by atoms with Crippen LogP contribution in [-0.4, -0.2) is 24.3 Å². The van der Waals surface area contributed by atoms with Gasteiger partial charge in [0.25, 0.3) is 17.7 Å². The topological polar surface area (TPSA) is 57.7 Å². The molecule has 3 amide bonds. The van der Waals surface area contributed by atoms with E-state index in [-0.39, 0.29) is 17.7 Å². The average Bonchev–Trinajstić information content (AvgIpc) is 3.63. The van der Waals surface area contributed by atoms with Crippen LogP contribution in [-0.2, 0) is 19.8 Å². The number of hydrogen-bond donors (Lipinski definition) is 0. The lowest BCUT2D eigenvalue weighted by Crippen LogP contribution is -2.31. The minimum atomic E-state index is -0.616. The first kappa shape index (κ1) is 22.2. The first-order valence-electron chi connectivity index (χ1n) is 12.5. The van der Waals surface area contributed by atoms with Crippen LogP contribution >= 0.6 is 0 Å². The fourth-order valence-electron chi connectivity index (χ4n) is 6.10. The second-order valence-corrected chi connectivity index (χ2v) is 9.63. The molecule has 0 N–H and O–H groups in total. The lowest BCUT2D eigenvalue weighted by atomic mass is 9.67. The monoisotopic (exact) mass is 494 g/mol. The van der Waals surface area contributed by atoms with Crippen LogP contribution in [0.3, 0.4) is 0 Å². The quantitative estimate of drug-likeness (QED) is 0.315. The number of imide groups is 1. The van der Waals surface area contributed by atoms with E-state index in [4.69, 9.17) is 0 Å². The highest BCUT2D eigenvalue weighted by atomic mass is 16.2. The van der Waals surface area contributed by atoms with Crippen molar-refractivity contribution < 1.29 is 14.4 Å². The van der Waals surface area contributed by atoms with Crippen molar-refractivity contribution in [2.75, 3.05) is 16.3 Å². The van der Waals surface area contributed by atoms with Gasteiger partial charge in [-0.3, -0.25) is 14.4 Å². The van der Waals surface area contributed by atoms with Gasteiger partial charge >= 0.3 is 0 Å². The molecule has 0 bridgehead atoms. The van der Waals surface area contributed by atoms with Crippen molar-refractivity contribution in [1.82, 2.24) is 0 Å². The van der Waals surface area contributed by atoms with Crippen LogP contribution in [0.4, 0.5) is 11.4 Å². The van der Waals surface area contributed by atoms with Crippen LogP contribution in [0.5, 0.6) is 0 Å². The molecule has 2 aliphatic heterocycles. The lowest BCUT2D eigenvalue weighted by molar-refractivity contribution is -0.120. The SMILES string of the molecule is O=C1C=CCN1c1ccc(C2(c3ccc(N4C(=O)C=CC4=O)cc3)c3ccccc3-c3ccccc32)cc1. The summed E-state index contributed by atoms with van der Waals surface area (Å²) < 4.78 is 0. The summed E-state index contributed by atoms with van der Waals surface area (Å²) in [5.74, 6) is -0.689. The van der Waals surface area contributed by atoms with Gasteiger partial charge in [-0.1, -0.05) is 78.9 Å². The molecule has 7 rings (SSSR count). The van der Waals surface area contributed by atoms with Crippen LogP contribution in [0.2, 0.25) is 0 Å². The molecule has 0 unspecified atom stereocenters. The van der Waals surface area contributed by atoms with Crippen LogP contribution in [0.15, 0.2) is 121 Å². The van der Waals surface area contributed by atoms with Crippen LogP contribution in [0, 0.1) is 0 Å². The molecule has 182 valence electrons. The molecule has 0 fully saturated rings. The van der Waals surface area contributed by atoms with E-state index in [0.717, 1.165) is 27.9 Å². The number of fused-ring (bicyclic) bond motifs is 3. The van der Waals surface area contributed by atoms with Crippen LogP contribution < -0.4 is 9.80 Å². The minimum absolute atomic E-state index is 0.0138. The first-order chi connectivity index (χ1) is 18.6. The average molecular weight is 495 g/mol. The number of anilines is 2. The zero-order valence-electron chi connectivity index (χ0n) is 20.4. The number of nitrogens with zero attached hydrogens (tertiary/aromatic N) is 2. The highest BCUT2D eigenvalue weighted by molar-refractivity contribution is 6.28. The van der Waals surface area contributed by atoms with Crippen molar-refractivity contribution in [2.45, 2.75) is 5.41 Å². The molecule has 5 nitrogen and oxygen atoms in total. The molecule has 2 heterocycles. The van der Waals surface area contributed by atoms with Crippen molar-refractivity contribution in [3.05, 3.63) is 144 Å². The largest absolute Gasteiger partial charge is 0.305 e. The van der Waals surface area contributed by atoms with Gasteiger partial charge in [-0.05, 0) is 57.6 Å². The van der Waals surface area contributed by atoms with Gasteiger partial charge in [-0.2, -0.15) is 0 Å². The molecule has 1 aliphatic carbocycles. The molecule has 4 aromatic carbocycles. The Balaban J connectivity index is 1.43. The molecule has 3 aliphatic rings. The number of carbonyl (C=O) groups excluding carboxylic acids is 3. The second kappa shape index (κ2) is 8.25. The molecule has 5 heteroatoms. The molecule has 0 saturated carbocycles. The summed E-state index contributed by atoms with van der Waals surface area (Å²) in [4.78, 5) is 39.8. The number of carbonyl (C=O) groups is 3. The standard InChI is InChI=1S/C33H22N2O3/c36-30-10-5-21-34(30)24-15-11-22(12-16-24)33(23-13-17-25(18-14-23)35-31(37)19-20-32(35)38)28-8-3-1-6-26(28)27-7-2-4-9-29(27)33/h1-20H,21H2. The zero-order chi connectivity index (χ0) is 25.9. The summed E-state index contributed by atoms with van der Waals surface area (Å²) in [5, 5.41) is 0. The molecular formula is C33H22N2O3. The van der Waals surface area contributed by atoms with E-state index in [1.165, 1.54) is 28.2 Å². The first-order valence-corrected chi connectivity index (χ1v) is 12.5. The minimum Gasteiger partial charge on any atom is -0.305 e. The van der Waals surface area contributed by atoms with Gasteiger partial charge in [0, 0.05) is 30.5 Å². The summed E-state index contributed by atoms with van der Waals surface area (Å²) in [6, 6.07) is 32.8. The molecule has 0 aromatic heterocycles. The molecule has 0 spiro atoms. The van der Waals surface area contributed by atoms with E-state index in [9.17, 15) is 14.4 Å². The van der Waals surface area contributed by atoms with E-state index in [0.29, 0.717) is 12.2 Å². The Morgan fingerprint density at radius 3 is 1.53 bits per heavy atom. The molecule has 38 heavy (non-hydrogen) atoms. The summed E-state index contributed by atoms with van der Waals surface area (Å²) in [6.07, 6.45) is 6.06. The van der Waals surface area contributed by atoms with Gasteiger partial charge in [0.2, 0.25) is 0 Å². The van der Waals surface area contributed by atoms with E-state index in [1.54, 1.807) is 11.0 Å². The summed E-state index contributed by atoms with van der Waals surface area (Å²) in [7, 11) is 0. The smallest absolute Gasteiger partial charge is 0.258 e. The van der Waals surface area contributed by atoms with Crippen LogP contribution in [0.25, 0.3) is 11.1 Å². The van der Waals surface area contributed by atoms with Crippen molar-refractivity contribution >= 4 is 29.1 Å². The van der Waals surface area contributed by atoms with E-state index < -0.39 is 5.41 Å². The van der Waals surface area contributed by atoms with Crippen LogP contribution in [0.1, 0.15) is 22.3 Å². The fraction of sp³-hybridized carbons (Fsp3) is 0.0606. The highest BCUT2D eigenvalue weighted by Gasteiger charge is 2.46. The highest BCUT2D eigenvalue weighted by Crippen LogP contribution is 2.56. The Morgan fingerprint density at radius 1 is 0.526 bits per heavy atom. The van der Waals surface area contributed by atoms with Gasteiger partial charge in [0.15, 0.2) is 0 Å². The molecule has 0 saturated heterocycles. The van der Waals surface area contributed by atoms with Gasteiger partial charge in [-0.25, -0.2) is 4.90 Å². The lowest BCUT2D eigenvalue weighted by Gasteiger charge is -2.34. The third-order valence-electron chi connectivity index (χ3n) is 7.75. The number of rotatable bonds is 4. The maximum atomic E-state index is 12.3. The van der Waals surface area contributed by atoms with Crippen molar-refractivity contribution in [1.29, 1.82) is 0 Å². The fourth-order valence-corrected chi connectivity index (χ4v) is 6.10. The second-order valence-electron chi connectivity index (χ2n) is 9.63. The summed E-state index contributed by atoms with van der Waals surface area (Å²) >= 11 is 0. The van der Waals surface area contributed by atoms with E-state index >= 15 is 0 Å². The Kier molecular flexibility index (Phi) is 4.82. The molecule has 0 radical (unpaired) electrons. The van der Waals surface area contributed by atoms with Crippen molar-refractivity contribution in [3.8, 4) is 11.1 Å².